The molecule has 1 heterocycles. The van der Waals surface area contributed by atoms with E-state index in [-0.39, 0.29) is 17.7 Å². The van der Waals surface area contributed by atoms with E-state index in [1.54, 1.807) is 18.7 Å². The SMILES string of the molecule is CC(=O)[C@@H]1[C@H]2CC(C)(C)CC2CN1C(C)=O. The fourth-order valence-corrected chi connectivity index (χ4v) is 3.76. The number of Topliss-reactive ketones (excluding diaryl/α,β-unsaturated/α-hetero) is 1. The van der Waals surface area contributed by atoms with E-state index < -0.39 is 0 Å². The summed E-state index contributed by atoms with van der Waals surface area (Å²) in [4.78, 5) is 25.0. The van der Waals surface area contributed by atoms with E-state index in [1.165, 1.54) is 0 Å². The number of fused-ring (bicyclic) bond motifs is 1. The molecule has 0 N–H and O–H groups in total. The molecule has 0 radical (unpaired) electrons. The first kappa shape index (κ1) is 11.6. The van der Waals surface area contributed by atoms with Crippen LogP contribution < -0.4 is 0 Å². The van der Waals surface area contributed by atoms with Crippen LogP contribution >= 0.6 is 0 Å². The molecule has 2 fully saturated rings. The van der Waals surface area contributed by atoms with Crippen molar-refractivity contribution in [2.45, 2.75) is 46.6 Å². The van der Waals surface area contributed by atoms with Gasteiger partial charge in [0.05, 0.1) is 6.04 Å². The van der Waals surface area contributed by atoms with Crippen LogP contribution in [-0.2, 0) is 9.59 Å². The molecule has 0 aromatic carbocycles. The summed E-state index contributed by atoms with van der Waals surface area (Å²) in [5.74, 6) is 1.14. The smallest absolute Gasteiger partial charge is 0.220 e. The number of carbonyl (C=O) groups excluding carboxylic acids is 2. The topological polar surface area (TPSA) is 37.4 Å². The summed E-state index contributed by atoms with van der Waals surface area (Å²) in [5.41, 5.74) is 0.339. The first-order valence-corrected chi connectivity index (χ1v) is 6.09. The van der Waals surface area contributed by atoms with Gasteiger partial charge in [-0.25, -0.2) is 0 Å². The molecule has 0 aromatic heterocycles. The van der Waals surface area contributed by atoms with E-state index in [0.29, 0.717) is 17.3 Å². The van der Waals surface area contributed by atoms with E-state index in [2.05, 4.69) is 13.8 Å². The van der Waals surface area contributed by atoms with Gasteiger partial charge in [0, 0.05) is 13.5 Å². The molecule has 1 saturated heterocycles. The van der Waals surface area contributed by atoms with Gasteiger partial charge in [-0.15, -0.1) is 0 Å². The zero-order valence-corrected chi connectivity index (χ0v) is 10.6. The summed E-state index contributed by atoms with van der Waals surface area (Å²) in [6.45, 7) is 8.51. The third kappa shape index (κ3) is 1.76. The molecule has 1 amide bonds. The Labute approximate surface area is 97.2 Å². The molecule has 1 aliphatic carbocycles. The van der Waals surface area contributed by atoms with Crippen molar-refractivity contribution >= 4 is 11.7 Å². The van der Waals surface area contributed by atoms with E-state index in [1.807, 2.05) is 0 Å². The Morgan fingerprint density at radius 1 is 1.19 bits per heavy atom. The van der Waals surface area contributed by atoms with Crippen LogP contribution in [0.4, 0.5) is 0 Å². The first-order valence-electron chi connectivity index (χ1n) is 6.09. The maximum Gasteiger partial charge on any atom is 0.220 e. The Kier molecular flexibility index (Phi) is 2.59. The molecule has 1 saturated carbocycles. The molecule has 90 valence electrons. The van der Waals surface area contributed by atoms with Gasteiger partial charge in [0.25, 0.3) is 0 Å². The molecule has 2 aliphatic rings. The number of ketones is 1. The van der Waals surface area contributed by atoms with Crippen LogP contribution in [0, 0.1) is 17.3 Å². The fourth-order valence-electron chi connectivity index (χ4n) is 3.76. The number of rotatable bonds is 1. The molecule has 0 spiro atoms. The van der Waals surface area contributed by atoms with Gasteiger partial charge in [-0.05, 0) is 37.0 Å². The molecule has 1 aliphatic heterocycles. The average Bonchev–Trinajstić information content (AvgIpc) is 2.54. The summed E-state index contributed by atoms with van der Waals surface area (Å²) in [5, 5.41) is 0. The lowest BCUT2D eigenvalue weighted by Gasteiger charge is -2.27. The van der Waals surface area contributed by atoms with Gasteiger partial charge in [0.15, 0.2) is 5.78 Å². The Morgan fingerprint density at radius 2 is 1.81 bits per heavy atom. The minimum atomic E-state index is -0.149. The third-order valence-electron chi connectivity index (χ3n) is 4.20. The highest BCUT2D eigenvalue weighted by Gasteiger charge is 2.52. The summed E-state index contributed by atoms with van der Waals surface area (Å²) < 4.78 is 0. The van der Waals surface area contributed by atoms with Gasteiger partial charge in [-0.3, -0.25) is 9.59 Å². The Hall–Kier alpha value is -0.860. The van der Waals surface area contributed by atoms with E-state index in [9.17, 15) is 9.59 Å². The zero-order valence-electron chi connectivity index (χ0n) is 10.6. The van der Waals surface area contributed by atoms with E-state index in [4.69, 9.17) is 0 Å². The second-order valence-corrected chi connectivity index (χ2v) is 6.22. The molecule has 3 atom stereocenters. The molecule has 1 unspecified atom stereocenters. The third-order valence-corrected chi connectivity index (χ3v) is 4.20. The molecular formula is C13H21NO2. The van der Waals surface area contributed by atoms with Crippen LogP contribution in [0.3, 0.4) is 0 Å². The summed E-state index contributed by atoms with van der Waals surface area (Å²) in [7, 11) is 0. The molecule has 0 aromatic rings. The average molecular weight is 223 g/mol. The molecule has 16 heavy (non-hydrogen) atoms. The van der Waals surface area contributed by atoms with Crippen LogP contribution in [-0.4, -0.2) is 29.2 Å². The molecule has 2 rings (SSSR count). The van der Waals surface area contributed by atoms with Crippen molar-refractivity contribution < 1.29 is 9.59 Å². The maximum absolute atomic E-state index is 11.7. The van der Waals surface area contributed by atoms with Crippen LogP contribution in [0.1, 0.15) is 40.5 Å². The van der Waals surface area contributed by atoms with Crippen molar-refractivity contribution in [1.29, 1.82) is 0 Å². The van der Waals surface area contributed by atoms with Crippen LogP contribution in [0.5, 0.6) is 0 Å². The van der Waals surface area contributed by atoms with Crippen molar-refractivity contribution in [3.63, 3.8) is 0 Å². The van der Waals surface area contributed by atoms with Crippen LogP contribution in [0.2, 0.25) is 0 Å². The summed E-state index contributed by atoms with van der Waals surface area (Å²) >= 11 is 0. The minimum Gasteiger partial charge on any atom is -0.332 e. The van der Waals surface area contributed by atoms with Gasteiger partial charge in [0.2, 0.25) is 5.91 Å². The predicted octanol–water partition coefficient (Wildman–Crippen LogP) is 1.86. The van der Waals surface area contributed by atoms with Crippen molar-refractivity contribution in [3.8, 4) is 0 Å². The second-order valence-electron chi connectivity index (χ2n) is 6.22. The second kappa shape index (κ2) is 3.57. The van der Waals surface area contributed by atoms with Crippen molar-refractivity contribution in [2.24, 2.45) is 17.3 Å². The molecular weight excluding hydrogens is 202 g/mol. The van der Waals surface area contributed by atoms with E-state index >= 15 is 0 Å². The molecule has 3 nitrogen and oxygen atoms in total. The Balaban J connectivity index is 2.23. The minimum absolute atomic E-state index is 0.0485. The zero-order chi connectivity index (χ0) is 12.1. The summed E-state index contributed by atoms with van der Waals surface area (Å²) in [6.07, 6.45) is 2.22. The fraction of sp³-hybridized carbons (Fsp3) is 0.846. The monoisotopic (exact) mass is 223 g/mol. The predicted molar refractivity (Wildman–Crippen MR) is 61.9 cm³/mol. The Bertz CT molecular complexity index is 335. The number of nitrogens with zero attached hydrogens (tertiary/aromatic N) is 1. The van der Waals surface area contributed by atoms with Gasteiger partial charge >= 0.3 is 0 Å². The number of amides is 1. The number of likely N-dealkylation sites (tertiary alicyclic amines) is 1. The first-order chi connectivity index (χ1) is 7.32. The molecule has 3 heteroatoms. The maximum atomic E-state index is 11.7. The molecule has 0 bridgehead atoms. The van der Waals surface area contributed by atoms with Crippen LogP contribution in [0.25, 0.3) is 0 Å². The van der Waals surface area contributed by atoms with Crippen molar-refractivity contribution in [2.75, 3.05) is 6.54 Å². The van der Waals surface area contributed by atoms with Gasteiger partial charge in [-0.1, -0.05) is 13.8 Å². The van der Waals surface area contributed by atoms with E-state index in [0.717, 1.165) is 19.4 Å². The van der Waals surface area contributed by atoms with Crippen molar-refractivity contribution in [3.05, 3.63) is 0 Å². The van der Waals surface area contributed by atoms with Crippen molar-refractivity contribution in [1.82, 2.24) is 4.90 Å². The van der Waals surface area contributed by atoms with Gasteiger partial charge < -0.3 is 4.90 Å². The quantitative estimate of drug-likeness (QED) is 0.680. The number of hydrogen-bond donors (Lipinski definition) is 0. The normalized spacial score (nSPS) is 36.2. The number of hydrogen-bond acceptors (Lipinski definition) is 2. The lowest BCUT2D eigenvalue weighted by molar-refractivity contribution is -0.136. The lowest BCUT2D eigenvalue weighted by atomic mass is 9.87. The Morgan fingerprint density at radius 3 is 2.31 bits per heavy atom. The number of carbonyl (C=O) groups is 2. The highest BCUT2D eigenvalue weighted by atomic mass is 16.2. The van der Waals surface area contributed by atoms with Gasteiger partial charge in [-0.2, -0.15) is 0 Å². The van der Waals surface area contributed by atoms with Crippen LogP contribution in [0.15, 0.2) is 0 Å². The lowest BCUT2D eigenvalue weighted by Crippen LogP contribution is -2.41. The highest BCUT2D eigenvalue weighted by Crippen LogP contribution is 2.51. The summed E-state index contributed by atoms with van der Waals surface area (Å²) in [6, 6.07) is -0.149. The van der Waals surface area contributed by atoms with Gasteiger partial charge in [0.1, 0.15) is 0 Å². The largest absolute Gasteiger partial charge is 0.332 e. The highest BCUT2D eigenvalue weighted by molar-refractivity contribution is 5.87. The standard InChI is InChI=1S/C13H21NO2/c1-8(15)12-11-6-13(3,4)5-10(11)7-14(12)9(2)16/h10-12H,5-7H2,1-4H3/t10?,11-,12+/m0/s1.